The normalized spacial score (nSPS) is 15.5. The van der Waals surface area contributed by atoms with Crippen LogP contribution in [-0.4, -0.2) is 18.8 Å². The molecule has 3 nitrogen and oxygen atoms in total. The minimum absolute atomic E-state index is 0.263. The van der Waals surface area contributed by atoms with Crippen molar-refractivity contribution in [2.75, 3.05) is 6.61 Å². The van der Waals surface area contributed by atoms with Gasteiger partial charge in [-0.2, -0.15) is 0 Å². The second-order valence-corrected chi connectivity index (χ2v) is 3.17. The Bertz CT molecular complexity index is 245. The Hall–Kier alpha value is -0.640. The third-order valence-electron chi connectivity index (χ3n) is 1.43. The number of nitrogens with zero attached hydrogens (tertiary/aromatic N) is 1. The Kier molecular flexibility index (Phi) is 3.47. The van der Waals surface area contributed by atoms with Crippen LogP contribution in [-0.2, 0) is 9.53 Å². The van der Waals surface area contributed by atoms with Crippen LogP contribution >= 0.6 is 15.9 Å². The number of hydrogen-bond donors (Lipinski definition) is 0. The number of aliphatic imine (C=N–C) groups is 1. The molecule has 0 aliphatic carbocycles. The predicted molar refractivity (Wildman–Crippen MR) is 50.3 cm³/mol. The molecule has 0 saturated carbocycles. The number of carbonyl (C=O) groups is 1. The molecule has 0 fully saturated rings. The number of rotatable bonds is 3. The summed E-state index contributed by atoms with van der Waals surface area (Å²) in [5.41, 5.74) is 0.614. The second kappa shape index (κ2) is 4.40. The van der Waals surface area contributed by atoms with E-state index in [-0.39, 0.29) is 5.97 Å². The van der Waals surface area contributed by atoms with Gasteiger partial charge in [0.25, 0.3) is 0 Å². The first kappa shape index (κ1) is 9.45. The lowest BCUT2D eigenvalue weighted by molar-refractivity contribution is -0.139. The maximum absolute atomic E-state index is 11.2. The van der Waals surface area contributed by atoms with Gasteiger partial charge in [0.15, 0.2) is 0 Å². The first-order valence-electron chi connectivity index (χ1n) is 3.84. The fourth-order valence-electron chi connectivity index (χ4n) is 0.829. The standard InChI is InChI=1S/C8H10BrNO2/c1-2-5-12-8(11)6-3-4-10-7(6)9/h4H,2-3,5H2,1H3. The molecule has 0 aromatic carbocycles. The average molecular weight is 232 g/mol. The van der Waals surface area contributed by atoms with Gasteiger partial charge in [0.1, 0.15) is 4.61 Å². The van der Waals surface area contributed by atoms with Gasteiger partial charge >= 0.3 is 5.97 Å². The molecule has 0 spiro atoms. The van der Waals surface area contributed by atoms with E-state index in [9.17, 15) is 4.79 Å². The van der Waals surface area contributed by atoms with Crippen molar-refractivity contribution in [2.45, 2.75) is 19.8 Å². The van der Waals surface area contributed by atoms with Gasteiger partial charge in [0, 0.05) is 12.6 Å². The molecular weight excluding hydrogens is 222 g/mol. The van der Waals surface area contributed by atoms with Crippen molar-refractivity contribution >= 4 is 28.1 Å². The number of halogens is 1. The summed E-state index contributed by atoms with van der Waals surface area (Å²) in [6, 6.07) is 0. The zero-order valence-corrected chi connectivity index (χ0v) is 8.43. The quantitative estimate of drug-likeness (QED) is 0.551. The van der Waals surface area contributed by atoms with Gasteiger partial charge < -0.3 is 4.74 Å². The van der Waals surface area contributed by atoms with Crippen LogP contribution < -0.4 is 0 Å². The molecule has 0 N–H and O–H groups in total. The summed E-state index contributed by atoms with van der Waals surface area (Å²) in [7, 11) is 0. The van der Waals surface area contributed by atoms with Crippen LogP contribution in [0, 0.1) is 0 Å². The number of esters is 1. The van der Waals surface area contributed by atoms with E-state index in [1.807, 2.05) is 6.92 Å². The summed E-state index contributed by atoms with van der Waals surface area (Å²) < 4.78 is 5.54. The summed E-state index contributed by atoms with van der Waals surface area (Å²) >= 11 is 3.18. The fraction of sp³-hybridized carbons (Fsp3) is 0.500. The SMILES string of the molecule is CCCOC(=O)C1=C(Br)N=CC1. The molecule has 4 heteroatoms. The third-order valence-corrected chi connectivity index (χ3v) is 2.12. The largest absolute Gasteiger partial charge is 0.462 e. The second-order valence-electron chi connectivity index (χ2n) is 2.42. The zero-order valence-electron chi connectivity index (χ0n) is 6.84. The molecule has 1 aliphatic rings. The molecule has 12 heavy (non-hydrogen) atoms. The van der Waals surface area contributed by atoms with Crippen LogP contribution in [0.4, 0.5) is 0 Å². The Morgan fingerprint density at radius 1 is 1.83 bits per heavy atom. The maximum atomic E-state index is 11.2. The highest BCUT2D eigenvalue weighted by Gasteiger charge is 2.17. The summed E-state index contributed by atoms with van der Waals surface area (Å²) in [4.78, 5) is 15.1. The molecule has 0 atom stereocenters. The molecule has 1 aliphatic heterocycles. The fourth-order valence-corrected chi connectivity index (χ4v) is 1.30. The van der Waals surface area contributed by atoms with Crippen LogP contribution in [0.15, 0.2) is 15.2 Å². The van der Waals surface area contributed by atoms with Crippen molar-refractivity contribution in [1.82, 2.24) is 0 Å². The van der Waals surface area contributed by atoms with Gasteiger partial charge in [-0.25, -0.2) is 4.79 Å². The molecule has 1 rings (SSSR count). The van der Waals surface area contributed by atoms with E-state index in [1.54, 1.807) is 6.21 Å². The topological polar surface area (TPSA) is 38.7 Å². The molecule has 0 amide bonds. The summed E-state index contributed by atoms with van der Waals surface area (Å²) in [6.07, 6.45) is 3.10. The first-order chi connectivity index (χ1) is 5.75. The van der Waals surface area contributed by atoms with Gasteiger partial charge in [-0.1, -0.05) is 6.92 Å². The number of hydrogen-bond acceptors (Lipinski definition) is 3. The number of ether oxygens (including phenoxy) is 1. The highest BCUT2D eigenvalue weighted by atomic mass is 79.9. The molecule has 0 radical (unpaired) electrons. The van der Waals surface area contributed by atoms with Crippen molar-refractivity contribution in [3.63, 3.8) is 0 Å². The van der Waals surface area contributed by atoms with Crippen molar-refractivity contribution < 1.29 is 9.53 Å². The van der Waals surface area contributed by atoms with Gasteiger partial charge in [-0.15, -0.1) is 0 Å². The van der Waals surface area contributed by atoms with Crippen LogP contribution in [0.2, 0.25) is 0 Å². The smallest absolute Gasteiger partial charge is 0.337 e. The van der Waals surface area contributed by atoms with E-state index in [4.69, 9.17) is 4.74 Å². The zero-order chi connectivity index (χ0) is 8.97. The highest BCUT2D eigenvalue weighted by molar-refractivity contribution is 9.11. The van der Waals surface area contributed by atoms with Gasteiger partial charge in [0.2, 0.25) is 0 Å². The summed E-state index contributed by atoms with van der Waals surface area (Å²) in [6.45, 7) is 2.43. The van der Waals surface area contributed by atoms with E-state index in [2.05, 4.69) is 20.9 Å². The molecule has 0 unspecified atom stereocenters. The third kappa shape index (κ3) is 2.17. The Morgan fingerprint density at radius 2 is 2.58 bits per heavy atom. The Morgan fingerprint density at radius 3 is 3.08 bits per heavy atom. The lowest BCUT2D eigenvalue weighted by atomic mass is 10.2. The molecule has 0 saturated heterocycles. The van der Waals surface area contributed by atoms with Crippen LogP contribution in [0.25, 0.3) is 0 Å². The Balaban J connectivity index is 2.49. The van der Waals surface area contributed by atoms with E-state index in [0.717, 1.165) is 6.42 Å². The van der Waals surface area contributed by atoms with Crippen LogP contribution in [0.5, 0.6) is 0 Å². The van der Waals surface area contributed by atoms with Gasteiger partial charge in [0.05, 0.1) is 12.2 Å². The van der Waals surface area contributed by atoms with Gasteiger partial charge in [-0.3, -0.25) is 4.99 Å². The first-order valence-corrected chi connectivity index (χ1v) is 4.63. The predicted octanol–water partition coefficient (Wildman–Crippen LogP) is 2.02. The van der Waals surface area contributed by atoms with E-state index < -0.39 is 0 Å². The van der Waals surface area contributed by atoms with Crippen molar-refractivity contribution in [3.05, 3.63) is 10.2 Å². The highest BCUT2D eigenvalue weighted by Crippen LogP contribution is 2.22. The van der Waals surface area contributed by atoms with Crippen LogP contribution in [0.1, 0.15) is 19.8 Å². The summed E-state index contributed by atoms with van der Waals surface area (Å²) in [5, 5.41) is 0. The molecule has 0 bridgehead atoms. The van der Waals surface area contributed by atoms with E-state index >= 15 is 0 Å². The average Bonchev–Trinajstić information content (AvgIpc) is 2.47. The van der Waals surface area contributed by atoms with E-state index in [1.165, 1.54) is 0 Å². The van der Waals surface area contributed by atoms with Crippen molar-refractivity contribution in [3.8, 4) is 0 Å². The van der Waals surface area contributed by atoms with E-state index in [0.29, 0.717) is 23.2 Å². The molecule has 0 aromatic heterocycles. The maximum Gasteiger partial charge on any atom is 0.337 e. The lowest BCUT2D eigenvalue weighted by Gasteiger charge is -2.02. The molecule has 66 valence electrons. The summed E-state index contributed by atoms with van der Waals surface area (Å²) in [5.74, 6) is -0.263. The molecule has 0 aromatic rings. The minimum atomic E-state index is -0.263. The monoisotopic (exact) mass is 231 g/mol. The van der Waals surface area contributed by atoms with Gasteiger partial charge in [-0.05, 0) is 22.4 Å². The van der Waals surface area contributed by atoms with Crippen molar-refractivity contribution in [1.29, 1.82) is 0 Å². The Labute approximate surface area is 79.6 Å². The molecule has 1 heterocycles. The molecular formula is C8H10BrNO2. The minimum Gasteiger partial charge on any atom is -0.462 e. The van der Waals surface area contributed by atoms with Crippen molar-refractivity contribution in [2.24, 2.45) is 4.99 Å². The lowest BCUT2D eigenvalue weighted by Crippen LogP contribution is -2.08. The number of carbonyl (C=O) groups excluding carboxylic acids is 1. The van der Waals surface area contributed by atoms with Crippen LogP contribution in [0.3, 0.4) is 0 Å².